The molecule has 1 aliphatic heterocycles. The van der Waals surface area contributed by atoms with Crippen LogP contribution in [0.4, 0.5) is 0 Å². The molecule has 33 heavy (non-hydrogen) atoms. The molecule has 0 aromatic carbocycles. The first kappa shape index (κ1) is 27.3. The minimum absolute atomic E-state index is 0.121. The molecule has 0 aliphatic carbocycles. The normalized spacial score (nSPS) is 18.0. The van der Waals surface area contributed by atoms with Gasteiger partial charge in [-0.3, -0.25) is 28.8 Å². The third-order valence-corrected chi connectivity index (χ3v) is 4.85. The van der Waals surface area contributed by atoms with Crippen molar-refractivity contribution in [2.75, 3.05) is 6.54 Å². The topological polar surface area (TPSA) is 260 Å². The molecule has 0 radical (unpaired) electrons. The van der Waals surface area contributed by atoms with Gasteiger partial charge in [-0.25, -0.2) is 4.79 Å². The number of nitrogens with two attached hydrogens (primary N) is 2. The lowest BCUT2D eigenvalue weighted by Crippen LogP contribution is -2.57. The van der Waals surface area contributed by atoms with Gasteiger partial charge in [-0.1, -0.05) is 0 Å². The highest BCUT2D eigenvalue weighted by Gasteiger charge is 2.38. The van der Waals surface area contributed by atoms with E-state index in [0.717, 1.165) is 4.90 Å². The van der Waals surface area contributed by atoms with E-state index in [2.05, 4.69) is 5.32 Å². The van der Waals surface area contributed by atoms with Gasteiger partial charge in [0.1, 0.15) is 18.1 Å². The van der Waals surface area contributed by atoms with Gasteiger partial charge in [-0.05, 0) is 19.3 Å². The standard InChI is InChI=1S/C18H27N5O10/c19-8(6-14(27)28)17(31)23-5-1-2-11(23)16(30)21-9(3-4-13(25)26)15(29)22-10(18(32)33)7-12(20)24/h8-11H,1-7,19H2,(H2,20,24)(H,21,30)(H,22,29)(H,25,26)(H,27,28)(H,32,33)/t8-,9-,10-,11-/m0/s1. The summed E-state index contributed by atoms with van der Waals surface area (Å²) in [5, 5.41) is 31.2. The molecular formula is C18H27N5O10. The Morgan fingerprint density at radius 1 is 0.939 bits per heavy atom. The van der Waals surface area contributed by atoms with Gasteiger partial charge in [0.05, 0.1) is 18.9 Å². The van der Waals surface area contributed by atoms with Crippen LogP contribution < -0.4 is 22.1 Å². The summed E-state index contributed by atoms with van der Waals surface area (Å²) in [5.74, 6) is -7.81. The fourth-order valence-corrected chi connectivity index (χ4v) is 3.27. The van der Waals surface area contributed by atoms with Crippen LogP contribution in [0.2, 0.25) is 0 Å². The smallest absolute Gasteiger partial charge is 0.326 e. The lowest BCUT2D eigenvalue weighted by molar-refractivity contribution is -0.145. The minimum Gasteiger partial charge on any atom is -0.481 e. The van der Waals surface area contributed by atoms with Crippen LogP contribution in [0.15, 0.2) is 0 Å². The van der Waals surface area contributed by atoms with E-state index in [1.54, 1.807) is 0 Å². The Morgan fingerprint density at radius 3 is 2.09 bits per heavy atom. The number of carboxylic acid groups (broad SMARTS) is 3. The zero-order valence-electron chi connectivity index (χ0n) is 17.6. The Hall–Kier alpha value is -3.75. The summed E-state index contributed by atoms with van der Waals surface area (Å²) in [6, 6.07) is -5.66. The molecule has 0 saturated carbocycles. The van der Waals surface area contributed by atoms with Gasteiger partial charge in [0.25, 0.3) is 0 Å². The van der Waals surface area contributed by atoms with E-state index < -0.39 is 91.4 Å². The number of primary amides is 1. The predicted octanol–water partition coefficient (Wildman–Crippen LogP) is -3.43. The number of carboxylic acids is 3. The van der Waals surface area contributed by atoms with Crippen molar-refractivity contribution in [1.82, 2.24) is 15.5 Å². The van der Waals surface area contributed by atoms with Gasteiger partial charge in [0, 0.05) is 13.0 Å². The Bertz CT molecular complexity index is 816. The summed E-state index contributed by atoms with van der Waals surface area (Å²) in [7, 11) is 0. The number of rotatable bonds is 13. The van der Waals surface area contributed by atoms with E-state index >= 15 is 0 Å². The lowest BCUT2D eigenvalue weighted by atomic mass is 10.1. The fourth-order valence-electron chi connectivity index (χ4n) is 3.27. The molecule has 0 bridgehead atoms. The molecule has 4 amide bonds. The van der Waals surface area contributed by atoms with E-state index in [1.807, 2.05) is 5.32 Å². The highest BCUT2D eigenvalue weighted by molar-refractivity contribution is 5.95. The first-order chi connectivity index (χ1) is 15.3. The average molecular weight is 473 g/mol. The van der Waals surface area contributed by atoms with Crippen molar-refractivity contribution >= 4 is 41.5 Å². The Kier molecular flexibility index (Phi) is 10.2. The maximum Gasteiger partial charge on any atom is 0.326 e. The number of carbonyl (C=O) groups is 7. The first-order valence-electron chi connectivity index (χ1n) is 9.95. The summed E-state index contributed by atoms with van der Waals surface area (Å²) in [6.45, 7) is 0.121. The van der Waals surface area contributed by atoms with Crippen LogP contribution in [0.25, 0.3) is 0 Å². The Morgan fingerprint density at radius 2 is 1.58 bits per heavy atom. The molecule has 15 heteroatoms. The zero-order chi connectivity index (χ0) is 25.3. The van der Waals surface area contributed by atoms with E-state index in [0.29, 0.717) is 6.42 Å². The van der Waals surface area contributed by atoms with E-state index in [-0.39, 0.29) is 13.0 Å². The second kappa shape index (κ2) is 12.3. The van der Waals surface area contributed by atoms with Crippen LogP contribution >= 0.6 is 0 Å². The number of likely N-dealkylation sites (tertiary alicyclic amines) is 1. The maximum atomic E-state index is 12.8. The van der Waals surface area contributed by atoms with Crippen molar-refractivity contribution in [1.29, 1.82) is 0 Å². The van der Waals surface area contributed by atoms with Gasteiger partial charge >= 0.3 is 17.9 Å². The highest BCUT2D eigenvalue weighted by Crippen LogP contribution is 2.19. The van der Waals surface area contributed by atoms with Crippen molar-refractivity contribution in [2.45, 2.75) is 62.7 Å². The molecule has 1 fully saturated rings. The zero-order valence-corrected chi connectivity index (χ0v) is 17.6. The summed E-state index contributed by atoms with van der Waals surface area (Å²) < 4.78 is 0. The number of carbonyl (C=O) groups excluding carboxylic acids is 4. The number of hydrogen-bond donors (Lipinski definition) is 7. The van der Waals surface area contributed by atoms with Crippen molar-refractivity contribution in [2.24, 2.45) is 11.5 Å². The number of aliphatic carboxylic acids is 3. The molecule has 0 unspecified atom stereocenters. The molecule has 1 heterocycles. The third kappa shape index (κ3) is 8.72. The molecule has 4 atom stereocenters. The molecule has 15 nitrogen and oxygen atoms in total. The first-order valence-corrected chi connectivity index (χ1v) is 9.95. The Balaban J connectivity index is 2.96. The van der Waals surface area contributed by atoms with Gasteiger partial charge in [-0.15, -0.1) is 0 Å². The van der Waals surface area contributed by atoms with E-state index in [9.17, 15) is 33.6 Å². The van der Waals surface area contributed by atoms with E-state index in [4.69, 9.17) is 26.8 Å². The number of hydrogen-bond acceptors (Lipinski definition) is 8. The van der Waals surface area contributed by atoms with Crippen LogP contribution in [-0.4, -0.2) is 92.5 Å². The number of nitrogens with zero attached hydrogens (tertiary/aromatic N) is 1. The molecular weight excluding hydrogens is 446 g/mol. The lowest BCUT2D eigenvalue weighted by Gasteiger charge is -2.28. The quantitative estimate of drug-likeness (QED) is 0.138. The molecule has 9 N–H and O–H groups in total. The number of nitrogens with one attached hydrogen (secondary N) is 2. The van der Waals surface area contributed by atoms with Crippen LogP contribution in [0.5, 0.6) is 0 Å². The van der Waals surface area contributed by atoms with Crippen LogP contribution in [0.3, 0.4) is 0 Å². The second-order valence-corrected chi connectivity index (χ2v) is 7.46. The maximum absolute atomic E-state index is 12.8. The van der Waals surface area contributed by atoms with Gasteiger partial charge in [0.15, 0.2) is 0 Å². The van der Waals surface area contributed by atoms with Crippen molar-refractivity contribution in [3.63, 3.8) is 0 Å². The summed E-state index contributed by atoms with van der Waals surface area (Å²) in [4.78, 5) is 82.9. The molecule has 0 spiro atoms. The largest absolute Gasteiger partial charge is 0.481 e. The van der Waals surface area contributed by atoms with Gasteiger partial charge in [0.2, 0.25) is 23.6 Å². The molecule has 1 aliphatic rings. The molecule has 1 rings (SSSR count). The molecule has 184 valence electrons. The second-order valence-electron chi connectivity index (χ2n) is 7.46. The third-order valence-electron chi connectivity index (χ3n) is 4.85. The average Bonchev–Trinajstić information content (AvgIpc) is 3.18. The van der Waals surface area contributed by atoms with Crippen molar-refractivity contribution < 1.29 is 48.9 Å². The SMILES string of the molecule is NC(=O)C[C@H](NC(=O)[C@H](CCC(=O)O)NC(=O)[C@@H]1CCCN1C(=O)[C@@H](N)CC(=O)O)C(=O)O. The van der Waals surface area contributed by atoms with Gasteiger partial charge < -0.3 is 42.3 Å². The van der Waals surface area contributed by atoms with Crippen molar-refractivity contribution in [3.8, 4) is 0 Å². The molecule has 1 saturated heterocycles. The highest BCUT2D eigenvalue weighted by atomic mass is 16.4. The summed E-state index contributed by atoms with van der Waals surface area (Å²) in [5.41, 5.74) is 10.5. The van der Waals surface area contributed by atoms with Crippen molar-refractivity contribution in [3.05, 3.63) is 0 Å². The monoisotopic (exact) mass is 473 g/mol. The van der Waals surface area contributed by atoms with Crippen LogP contribution in [-0.2, 0) is 33.6 Å². The van der Waals surface area contributed by atoms with E-state index in [1.165, 1.54) is 0 Å². The van der Waals surface area contributed by atoms with Crippen LogP contribution in [0, 0.1) is 0 Å². The molecule has 0 aromatic rings. The molecule has 0 aromatic heterocycles. The summed E-state index contributed by atoms with van der Waals surface area (Å²) >= 11 is 0. The minimum atomic E-state index is -1.70. The fraction of sp³-hybridized carbons (Fsp3) is 0.611. The van der Waals surface area contributed by atoms with Gasteiger partial charge in [-0.2, -0.15) is 0 Å². The summed E-state index contributed by atoms with van der Waals surface area (Å²) in [6.07, 6.45) is -1.76. The number of amides is 4. The van der Waals surface area contributed by atoms with Crippen LogP contribution in [0.1, 0.15) is 38.5 Å². The Labute approximate surface area is 187 Å². The predicted molar refractivity (Wildman–Crippen MR) is 107 cm³/mol.